The predicted molar refractivity (Wildman–Crippen MR) is 74.4 cm³/mol. The molecule has 2 amide bonds. The fourth-order valence-corrected chi connectivity index (χ4v) is 2.87. The zero-order valence-corrected chi connectivity index (χ0v) is 12.5. The number of nitrogens with one attached hydrogen (secondary N) is 1. The number of piperazine rings is 1. The van der Waals surface area contributed by atoms with Gasteiger partial charge in [0.1, 0.15) is 12.1 Å². The molecule has 0 aromatic carbocycles. The summed E-state index contributed by atoms with van der Waals surface area (Å²) in [6.07, 6.45) is 3.13. The summed E-state index contributed by atoms with van der Waals surface area (Å²) in [5, 5.41) is 2.92. The fourth-order valence-electron chi connectivity index (χ4n) is 2.87. The van der Waals surface area contributed by atoms with Crippen molar-refractivity contribution in [2.45, 2.75) is 59.0 Å². The normalized spacial score (nSPS) is 28.2. The van der Waals surface area contributed by atoms with Gasteiger partial charge in [0.15, 0.2) is 0 Å². The first-order chi connectivity index (χ1) is 8.90. The lowest BCUT2D eigenvalue weighted by atomic mass is 9.93. The molecular formula is C15H26N2O2. The van der Waals surface area contributed by atoms with Gasteiger partial charge in [-0.15, -0.1) is 0 Å². The summed E-state index contributed by atoms with van der Waals surface area (Å²) in [5.74, 6) is 1.35. The zero-order chi connectivity index (χ0) is 14.2. The molecule has 0 aromatic heterocycles. The van der Waals surface area contributed by atoms with Crippen LogP contribution >= 0.6 is 0 Å². The third-order valence-corrected chi connectivity index (χ3v) is 3.99. The average Bonchev–Trinajstić information content (AvgIpc) is 3.07. The van der Waals surface area contributed by atoms with Gasteiger partial charge in [-0.2, -0.15) is 0 Å². The molecule has 2 unspecified atom stereocenters. The molecule has 4 nitrogen and oxygen atoms in total. The second-order valence-corrected chi connectivity index (χ2v) is 6.81. The van der Waals surface area contributed by atoms with Crippen molar-refractivity contribution >= 4 is 11.8 Å². The summed E-state index contributed by atoms with van der Waals surface area (Å²) >= 11 is 0. The molecule has 1 saturated heterocycles. The number of carbonyl (C=O) groups excluding carboxylic acids is 2. The van der Waals surface area contributed by atoms with Gasteiger partial charge in [-0.1, -0.05) is 27.7 Å². The summed E-state index contributed by atoms with van der Waals surface area (Å²) in [6.45, 7) is 8.96. The van der Waals surface area contributed by atoms with Crippen LogP contribution in [0.1, 0.15) is 47.0 Å². The number of rotatable bonds is 5. The smallest absolute Gasteiger partial charge is 0.245 e. The highest BCUT2D eigenvalue weighted by atomic mass is 16.2. The molecule has 1 heterocycles. The van der Waals surface area contributed by atoms with Gasteiger partial charge in [0, 0.05) is 6.54 Å². The van der Waals surface area contributed by atoms with Gasteiger partial charge in [0.2, 0.25) is 11.8 Å². The summed E-state index contributed by atoms with van der Waals surface area (Å²) in [4.78, 5) is 26.7. The van der Waals surface area contributed by atoms with E-state index in [1.54, 1.807) is 0 Å². The van der Waals surface area contributed by atoms with Gasteiger partial charge in [-0.05, 0) is 37.0 Å². The quantitative estimate of drug-likeness (QED) is 0.825. The van der Waals surface area contributed by atoms with Crippen LogP contribution in [-0.4, -0.2) is 35.3 Å². The summed E-state index contributed by atoms with van der Waals surface area (Å²) in [5.41, 5.74) is 0. The van der Waals surface area contributed by atoms with Crippen molar-refractivity contribution in [2.24, 2.45) is 17.8 Å². The summed E-state index contributed by atoms with van der Waals surface area (Å²) in [7, 11) is 0. The molecule has 1 saturated carbocycles. The topological polar surface area (TPSA) is 49.4 Å². The van der Waals surface area contributed by atoms with E-state index in [-0.39, 0.29) is 29.8 Å². The van der Waals surface area contributed by atoms with Gasteiger partial charge in [0.25, 0.3) is 0 Å². The maximum Gasteiger partial charge on any atom is 0.245 e. The van der Waals surface area contributed by atoms with Crippen LogP contribution in [0.25, 0.3) is 0 Å². The largest absolute Gasteiger partial charge is 0.342 e. The van der Waals surface area contributed by atoms with Crippen LogP contribution in [0.15, 0.2) is 0 Å². The highest BCUT2D eigenvalue weighted by Gasteiger charge is 2.43. The van der Waals surface area contributed by atoms with E-state index in [9.17, 15) is 9.59 Å². The Morgan fingerprint density at radius 2 is 1.84 bits per heavy atom. The van der Waals surface area contributed by atoms with E-state index in [0.717, 1.165) is 13.0 Å². The highest BCUT2D eigenvalue weighted by molar-refractivity contribution is 5.97. The molecular weight excluding hydrogens is 240 g/mol. The van der Waals surface area contributed by atoms with Crippen molar-refractivity contribution in [3.05, 3.63) is 0 Å². The lowest BCUT2D eigenvalue weighted by molar-refractivity contribution is -0.151. The van der Waals surface area contributed by atoms with Crippen LogP contribution in [-0.2, 0) is 9.59 Å². The van der Waals surface area contributed by atoms with Gasteiger partial charge >= 0.3 is 0 Å². The third-order valence-electron chi connectivity index (χ3n) is 3.99. The number of nitrogens with zero attached hydrogens (tertiary/aromatic N) is 1. The monoisotopic (exact) mass is 266 g/mol. The molecule has 2 atom stereocenters. The van der Waals surface area contributed by atoms with Gasteiger partial charge < -0.3 is 10.2 Å². The number of amides is 2. The SMILES string of the molecule is CC(C)CC1NC(=O)C(C(C)C)N(CC2CC2)C1=O. The maximum atomic E-state index is 12.6. The van der Waals surface area contributed by atoms with Crippen LogP contribution in [0.5, 0.6) is 0 Å². The van der Waals surface area contributed by atoms with Crippen molar-refractivity contribution in [1.82, 2.24) is 10.2 Å². The van der Waals surface area contributed by atoms with Crippen molar-refractivity contribution < 1.29 is 9.59 Å². The van der Waals surface area contributed by atoms with E-state index in [4.69, 9.17) is 0 Å². The van der Waals surface area contributed by atoms with E-state index >= 15 is 0 Å². The minimum Gasteiger partial charge on any atom is -0.342 e. The molecule has 1 N–H and O–H groups in total. The lowest BCUT2D eigenvalue weighted by Gasteiger charge is -2.41. The van der Waals surface area contributed by atoms with Crippen LogP contribution in [0.2, 0.25) is 0 Å². The van der Waals surface area contributed by atoms with Gasteiger partial charge in [-0.25, -0.2) is 0 Å². The molecule has 108 valence electrons. The molecule has 1 aliphatic carbocycles. The summed E-state index contributed by atoms with van der Waals surface area (Å²) < 4.78 is 0. The maximum absolute atomic E-state index is 12.6. The molecule has 1 aliphatic heterocycles. The second-order valence-electron chi connectivity index (χ2n) is 6.81. The Balaban J connectivity index is 2.14. The third kappa shape index (κ3) is 3.28. The second kappa shape index (κ2) is 5.51. The molecule has 19 heavy (non-hydrogen) atoms. The molecule has 0 bridgehead atoms. The number of hydrogen-bond donors (Lipinski definition) is 1. The first kappa shape index (κ1) is 14.4. The lowest BCUT2D eigenvalue weighted by Crippen LogP contribution is -2.65. The molecule has 0 aromatic rings. The Kier molecular flexibility index (Phi) is 4.16. The average molecular weight is 266 g/mol. The molecule has 2 rings (SSSR count). The van der Waals surface area contributed by atoms with Crippen molar-refractivity contribution in [2.75, 3.05) is 6.54 Å². The van der Waals surface area contributed by atoms with E-state index in [0.29, 0.717) is 11.8 Å². The van der Waals surface area contributed by atoms with Crippen molar-refractivity contribution in [3.8, 4) is 0 Å². The van der Waals surface area contributed by atoms with Gasteiger partial charge in [0.05, 0.1) is 0 Å². The predicted octanol–water partition coefficient (Wildman–Crippen LogP) is 1.79. The first-order valence-corrected chi connectivity index (χ1v) is 7.51. The minimum absolute atomic E-state index is 0.0286. The molecule has 2 fully saturated rings. The summed E-state index contributed by atoms with van der Waals surface area (Å²) in [6, 6.07) is -0.599. The van der Waals surface area contributed by atoms with Crippen molar-refractivity contribution in [1.29, 1.82) is 0 Å². The number of carbonyl (C=O) groups is 2. The van der Waals surface area contributed by atoms with Crippen LogP contribution in [0, 0.1) is 17.8 Å². The van der Waals surface area contributed by atoms with E-state index in [2.05, 4.69) is 19.2 Å². The van der Waals surface area contributed by atoms with E-state index < -0.39 is 0 Å². The minimum atomic E-state index is -0.318. The molecule has 0 spiro atoms. The Morgan fingerprint density at radius 1 is 1.21 bits per heavy atom. The van der Waals surface area contributed by atoms with Crippen LogP contribution in [0.4, 0.5) is 0 Å². The Bertz CT molecular complexity index is 361. The van der Waals surface area contributed by atoms with Gasteiger partial charge in [-0.3, -0.25) is 9.59 Å². The van der Waals surface area contributed by atoms with Crippen LogP contribution < -0.4 is 5.32 Å². The van der Waals surface area contributed by atoms with Crippen LogP contribution in [0.3, 0.4) is 0 Å². The number of hydrogen-bond acceptors (Lipinski definition) is 2. The highest BCUT2D eigenvalue weighted by Crippen LogP contribution is 2.32. The Labute approximate surface area is 115 Å². The molecule has 2 aliphatic rings. The fraction of sp³-hybridized carbons (Fsp3) is 0.867. The Hall–Kier alpha value is -1.06. The molecule has 0 radical (unpaired) electrons. The van der Waals surface area contributed by atoms with E-state index in [1.165, 1.54) is 12.8 Å². The van der Waals surface area contributed by atoms with Crippen molar-refractivity contribution in [3.63, 3.8) is 0 Å². The molecule has 4 heteroatoms. The standard InChI is InChI=1S/C15H26N2O2/c1-9(2)7-12-15(19)17(8-11-5-6-11)13(10(3)4)14(18)16-12/h9-13H,5-8H2,1-4H3,(H,16,18). The zero-order valence-electron chi connectivity index (χ0n) is 12.5. The van der Waals surface area contributed by atoms with E-state index in [1.807, 2.05) is 18.7 Å². The Morgan fingerprint density at radius 3 is 2.32 bits per heavy atom. The first-order valence-electron chi connectivity index (χ1n) is 7.51.